The summed E-state index contributed by atoms with van der Waals surface area (Å²) in [6, 6.07) is 9.87. The molecule has 29 heavy (non-hydrogen) atoms. The SMILES string of the molecule is CN1CCC(N(C)c2ncnc(Sc3cccc4cccnc34)c2[N+](=O)[O-])CC1. The molecule has 0 saturated carbocycles. The predicted molar refractivity (Wildman–Crippen MR) is 113 cm³/mol. The van der Waals surface area contributed by atoms with Crippen LogP contribution in [-0.4, -0.2) is 58.0 Å². The van der Waals surface area contributed by atoms with Crippen molar-refractivity contribution in [1.29, 1.82) is 0 Å². The van der Waals surface area contributed by atoms with Crippen LogP contribution in [0.2, 0.25) is 0 Å². The number of nitrogens with zero attached hydrogens (tertiary/aromatic N) is 6. The number of fused-ring (bicyclic) bond motifs is 1. The van der Waals surface area contributed by atoms with Gasteiger partial charge in [0.25, 0.3) is 0 Å². The van der Waals surface area contributed by atoms with E-state index >= 15 is 0 Å². The molecule has 1 saturated heterocycles. The second-order valence-corrected chi connectivity index (χ2v) is 8.22. The fourth-order valence-corrected chi connectivity index (χ4v) is 4.65. The molecular weight excluding hydrogens is 388 g/mol. The van der Waals surface area contributed by atoms with Crippen LogP contribution >= 0.6 is 11.8 Å². The van der Waals surface area contributed by atoms with Crippen LogP contribution in [0.4, 0.5) is 11.5 Å². The van der Waals surface area contributed by atoms with Crippen LogP contribution in [0, 0.1) is 10.1 Å². The summed E-state index contributed by atoms with van der Waals surface area (Å²) in [4.78, 5) is 29.6. The number of anilines is 1. The van der Waals surface area contributed by atoms with Crippen molar-refractivity contribution >= 4 is 34.2 Å². The van der Waals surface area contributed by atoms with E-state index in [2.05, 4.69) is 26.9 Å². The normalized spacial score (nSPS) is 15.5. The minimum Gasteiger partial charge on any atom is -0.351 e. The van der Waals surface area contributed by atoms with E-state index in [4.69, 9.17) is 0 Å². The number of benzene rings is 1. The molecule has 1 aliphatic heterocycles. The maximum atomic E-state index is 12.0. The van der Waals surface area contributed by atoms with Gasteiger partial charge in [0.1, 0.15) is 6.33 Å². The van der Waals surface area contributed by atoms with Crippen molar-refractivity contribution in [2.75, 3.05) is 32.1 Å². The summed E-state index contributed by atoms with van der Waals surface area (Å²) in [5, 5.41) is 13.3. The second kappa shape index (κ2) is 8.30. The third-order valence-electron chi connectivity index (χ3n) is 5.32. The van der Waals surface area contributed by atoms with Gasteiger partial charge in [-0.3, -0.25) is 15.1 Å². The highest BCUT2D eigenvalue weighted by Gasteiger charge is 2.30. The minimum atomic E-state index is -0.373. The van der Waals surface area contributed by atoms with Crippen molar-refractivity contribution < 1.29 is 4.92 Å². The summed E-state index contributed by atoms with van der Waals surface area (Å²) in [7, 11) is 3.98. The minimum absolute atomic E-state index is 0.0492. The smallest absolute Gasteiger partial charge is 0.343 e. The Kier molecular flexibility index (Phi) is 5.59. The van der Waals surface area contributed by atoms with E-state index in [9.17, 15) is 10.1 Å². The Hall–Kier alpha value is -2.78. The van der Waals surface area contributed by atoms with Crippen LogP contribution in [0.25, 0.3) is 10.9 Å². The molecular formula is C20H22N6O2S. The number of pyridine rings is 1. The average Bonchev–Trinajstić information content (AvgIpc) is 2.74. The lowest BCUT2D eigenvalue weighted by Crippen LogP contribution is -2.42. The Morgan fingerprint density at radius 2 is 1.93 bits per heavy atom. The monoisotopic (exact) mass is 410 g/mol. The van der Waals surface area contributed by atoms with Crippen LogP contribution in [0.5, 0.6) is 0 Å². The standard InChI is InChI=1S/C20H22N6O2S/c1-24-11-8-15(9-12-24)25(2)19-18(26(27)28)20(23-13-22-19)29-16-7-3-5-14-6-4-10-21-17(14)16/h3-7,10,13,15H,8-9,11-12H2,1-2H3. The molecule has 1 fully saturated rings. The van der Waals surface area contributed by atoms with Gasteiger partial charge >= 0.3 is 5.69 Å². The molecule has 150 valence electrons. The van der Waals surface area contributed by atoms with Crippen molar-refractivity contribution in [3.8, 4) is 0 Å². The number of piperidine rings is 1. The topological polar surface area (TPSA) is 88.3 Å². The molecule has 9 heteroatoms. The van der Waals surface area contributed by atoms with Gasteiger partial charge in [0.05, 0.1) is 10.4 Å². The van der Waals surface area contributed by atoms with E-state index in [0.29, 0.717) is 10.8 Å². The van der Waals surface area contributed by atoms with E-state index in [-0.39, 0.29) is 16.7 Å². The molecule has 1 aliphatic rings. The number of likely N-dealkylation sites (tertiary alicyclic amines) is 1. The van der Waals surface area contributed by atoms with Crippen molar-refractivity contribution in [1.82, 2.24) is 19.9 Å². The molecule has 2 aromatic heterocycles. The summed E-state index contributed by atoms with van der Waals surface area (Å²) in [6.45, 7) is 1.94. The first-order valence-electron chi connectivity index (χ1n) is 9.47. The maximum absolute atomic E-state index is 12.0. The molecule has 3 heterocycles. The molecule has 0 N–H and O–H groups in total. The molecule has 0 amide bonds. The van der Waals surface area contributed by atoms with Crippen LogP contribution < -0.4 is 4.90 Å². The molecule has 0 radical (unpaired) electrons. The largest absolute Gasteiger partial charge is 0.351 e. The number of hydrogen-bond donors (Lipinski definition) is 0. The van der Waals surface area contributed by atoms with E-state index < -0.39 is 0 Å². The van der Waals surface area contributed by atoms with Crippen molar-refractivity contribution in [2.24, 2.45) is 0 Å². The summed E-state index contributed by atoms with van der Waals surface area (Å²) in [5.74, 6) is 0.371. The zero-order valence-electron chi connectivity index (χ0n) is 16.4. The number of para-hydroxylation sites is 1. The highest BCUT2D eigenvalue weighted by molar-refractivity contribution is 7.99. The Morgan fingerprint density at radius 3 is 2.69 bits per heavy atom. The highest BCUT2D eigenvalue weighted by atomic mass is 32.2. The van der Waals surface area contributed by atoms with Crippen molar-refractivity contribution in [2.45, 2.75) is 28.8 Å². The van der Waals surface area contributed by atoms with Gasteiger partial charge < -0.3 is 9.80 Å². The predicted octanol–water partition coefficient (Wildman–Crippen LogP) is 3.61. The Bertz CT molecular complexity index is 1030. The average molecular weight is 411 g/mol. The Morgan fingerprint density at radius 1 is 1.17 bits per heavy atom. The Balaban J connectivity index is 1.71. The van der Waals surface area contributed by atoms with E-state index in [1.165, 1.54) is 18.1 Å². The fourth-order valence-electron chi connectivity index (χ4n) is 3.66. The molecule has 4 rings (SSSR count). The first kappa shape index (κ1) is 19.5. The third-order valence-corrected chi connectivity index (χ3v) is 6.37. The van der Waals surface area contributed by atoms with Gasteiger partial charge in [0, 0.05) is 29.6 Å². The summed E-state index contributed by atoms with van der Waals surface area (Å²) in [6.07, 6.45) is 5.03. The maximum Gasteiger partial charge on any atom is 0.343 e. The molecule has 0 aliphatic carbocycles. The van der Waals surface area contributed by atoms with Gasteiger partial charge in [-0.05, 0) is 45.1 Å². The van der Waals surface area contributed by atoms with Gasteiger partial charge in [0.15, 0.2) is 5.03 Å². The van der Waals surface area contributed by atoms with Crippen molar-refractivity contribution in [3.05, 3.63) is 53.0 Å². The van der Waals surface area contributed by atoms with Gasteiger partial charge in [-0.25, -0.2) is 9.97 Å². The molecule has 0 atom stereocenters. The van der Waals surface area contributed by atoms with Crippen LogP contribution in [-0.2, 0) is 0 Å². The van der Waals surface area contributed by atoms with Gasteiger partial charge in [0.2, 0.25) is 5.82 Å². The summed E-state index contributed by atoms with van der Waals surface area (Å²) >= 11 is 1.26. The van der Waals surface area contributed by atoms with E-state index in [1.807, 2.05) is 42.3 Å². The second-order valence-electron chi connectivity index (χ2n) is 7.19. The number of rotatable bonds is 5. The molecule has 8 nitrogen and oxygen atoms in total. The first-order valence-corrected chi connectivity index (χ1v) is 10.3. The van der Waals surface area contributed by atoms with E-state index in [0.717, 1.165) is 41.7 Å². The Labute approximate surface area is 173 Å². The molecule has 0 spiro atoms. The number of nitro groups is 1. The quantitative estimate of drug-likeness (QED) is 0.358. The molecule has 1 aromatic carbocycles. The van der Waals surface area contributed by atoms with Gasteiger partial charge in [-0.2, -0.15) is 0 Å². The fraction of sp³-hybridized carbons (Fsp3) is 0.350. The molecule has 3 aromatic rings. The van der Waals surface area contributed by atoms with Crippen LogP contribution in [0.1, 0.15) is 12.8 Å². The van der Waals surface area contributed by atoms with Gasteiger partial charge in [-0.15, -0.1) is 0 Å². The third kappa shape index (κ3) is 4.01. The lowest BCUT2D eigenvalue weighted by atomic mass is 10.0. The van der Waals surface area contributed by atoms with Crippen LogP contribution in [0.3, 0.4) is 0 Å². The number of hydrogen-bond acceptors (Lipinski definition) is 8. The first-order chi connectivity index (χ1) is 14.0. The number of aromatic nitrogens is 3. The molecule has 0 bridgehead atoms. The van der Waals surface area contributed by atoms with Crippen molar-refractivity contribution in [3.63, 3.8) is 0 Å². The van der Waals surface area contributed by atoms with Gasteiger partial charge in [-0.1, -0.05) is 30.0 Å². The lowest BCUT2D eigenvalue weighted by molar-refractivity contribution is -0.387. The summed E-state index contributed by atoms with van der Waals surface area (Å²) < 4.78 is 0. The zero-order valence-corrected chi connectivity index (χ0v) is 17.2. The zero-order chi connectivity index (χ0) is 20.4. The summed E-state index contributed by atoms with van der Waals surface area (Å²) in [5.41, 5.74) is 0.755. The van der Waals surface area contributed by atoms with Crippen LogP contribution in [0.15, 0.2) is 52.8 Å². The van der Waals surface area contributed by atoms with E-state index in [1.54, 1.807) is 6.20 Å². The lowest BCUT2D eigenvalue weighted by Gasteiger charge is -2.35. The highest BCUT2D eigenvalue weighted by Crippen LogP contribution is 2.40. The molecule has 0 unspecified atom stereocenters.